The SMILES string of the molecule is Cc1ccc(-c2cnc3c(-c4cc(SC(F)(F)F)ccc4C)cnn3c2)cc1. The number of aryl methyl sites for hydroxylation is 2. The fourth-order valence-electron chi connectivity index (χ4n) is 3.05. The maximum Gasteiger partial charge on any atom is 0.446 e. The molecule has 0 spiro atoms. The molecule has 0 atom stereocenters. The van der Waals surface area contributed by atoms with Gasteiger partial charge >= 0.3 is 5.51 Å². The van der Waals surface area contributed by atoms with Crippen LogP contribution in [0, 0.1) is 13.8 Å². The number of aromatic nitrogens is 3. The Bertz CT molecular complexity index is 1150. The van der Waals surface area contributed by atoms with Crippen molar-refractivity contribution in [3.05, 3.63) is 72.2 Å². The highest BCUT2D eigenvalue weighted by atomic mass is 32.2. The predicted octanol–water partition coefficient (Wildman–Crippen LogP) is 6.29. The Morgan fingerprint density at radius 1 is 0.893 bits per heavy atom. The number of hydrogen-bond donors (Lipinski definition) is 0. The lowest BCUT2D eigenvalue weighted by molar-refractivity contribution is -0.0328. The summed E-state index contributed by atoms with van der Waals surface area (Å²) in [6, 6.07) is 12.8. The van der Waals surface area contributed by atoms with E-state index < -0.39 is 5.51 Å². The monoisotopic (exact) mass is 399 g/mol. The molecule has 4 rings (SSSR count). The van der Waals surface area contributed by atoms with Gasteiger partial charge in [-0.15, -0.1) is 0 Å². The topological polar surface area (TPSA) is 30.2 Å². The van der Waals surface area contributed by atoms with Gasteiger partial charge in [-0.05, 0) is 54.4 Å². The second-order valence-electron chi connectivity index (χ2n) is 6.56. The molecule has 0 saturated heterocycles. The highest BCUT2D eigenvalue weighted by Crippen LogP contribution is 2.39. The summed E-state index contributed by atoms with van der Waals surface area (Å²) >= 11 is -0.120. The Kier molecular flexibility index (Phi) is 4.63. The van der Waals surface area contributed by atoms with Gasteiger partial charge in [-0.3, -0.25) is 0 Å². The van der Waals surface area contributed by atoms with Crippen LogP contribution >= 0.6 is 11.8 Å². The Morgan fingerprint density at radius 2 is 1.64 bits per heavy atom. The molecule has 3 nitrogen and oxygen atoms in total. The van der Waals surface area contributed by atoms with Crippen LogP contribution in [-0.2, 0) is 0 Å². The van der Waals surface area contributed by atoms with E-state index in [0.717, 1.165) is 16.7 Å². The minimum atomic E-state index is -4.32. The van der Waals surface area contributed by atoms with Crippen molar-refractivity contribution in [1.82, 2.24) is 14.6 Å². The third-order valence-corrected chi connectivity index (χ3v) is 5.20. The Balaban J connectivity index is 1.76. The summed E-state index contributed by atoms with van der Waals surface area (Å²) in [7, 11) is 0. The van der Waals surface area contributed by atoms with E-state index in [0.29, 0.717) is 16.8 Å². The van der Waals surface area contributed by atoms with Gasteiger partial charge in [-0.1, -0.05) is 35.9 Å². The van der Waals surface area contributed by atoms with Crippen LogP contribution in [0.5, 0.6) is 0 Å². The lowest BCUT2D eigenvalue weighted by Gasteiger charge is -2.10. The van der Waals surface area contributed by atoms with Gasteiger partial charge in [0.15, 0.2) is 5.65 Å². The van der Waals surface area contributed by atoms with Crippen LogP contribution in [0.3, 0.4) is 0 Å². The molecule has 0 unspecified atom stereocenters. The highest BCUT2D eigenvalue weighted by molar-refractivity contribution is 8.00. The maximum absolute atomic E-state index is 12.7. The number of thioether (sulfide) groups is 1. The molecule has 0 bridgehead atoms. The smallest absolute Gasteiger partial charge is 0.236 e. The first-order chi connectivity index (χ1) is 13.3. The number of benzene rings is 2. The fourth-order valence-corrected chi connectivity index (χ4v) is 3.63. The molecule has 0 N–H and O–H groups in total. The lowest BCUT2D eigenvalue weighted by Crippen LogP contribution is -1.99. The summed E-state index contributed by atoms with van der Waals surface area (Å²) in [6.07, 6.45) is 5.28. The molecule has 0 aliphatic carbocycles. The second-order valence-corrected chi connectivity index (χ2v) is 7.70. The zero-order chi connectivity index (χ0) is 19.9. The molecule has 2 heterocycles. The Morgan fingerprint density at radius 3 is 2.36 bits per heavy atom. The zero-order valence-corrected chi connectivity index (χ0v) is 16.0. The van der Waals surface area contributed by atoms with Gasteiger partial charge in [-0.2, -0.15) is 18.3 Å². The molecule has 0 amide bonds. The minimum absolute atomic E-state index is 0.120. The van der Waals surface area contributed by atoms with E-state index in [1.807, 2.05) is 44.3 Å². The van der Waals surface area contributed by atoms with Crippen LogP contribution in [0.25, 0.3) is 27.9 Å². The van der Waals surface area contributed by atoms with Gasteiger partial charge in [-0.25, -0.2) is 9.50 Å². The average Bonchev–Trinajstić information content (AvgIpc) is 3.06. The van der Waals surface area contributed by atoms with Gasteiger partial charge < -0.3 is 0 Å². The number of nitrogens with zero attached hydrogens (tertiary/aromatic N) is 3. The number of halogens is 3. The molecule has 28 heavy (non-hydrogen) atoms. The molecule has 0 fully saturated rings. The quantitative estimate of drug-likeness (QED) is 0.379. The zero-order valence-electron chi connectivity index (χ0n) is 15.2. The normalized spacial score (nSPS) is 11.9. The van der Waals surface area contributed by atoms with Crippen molar-refractivity contribution < 1.29 is 13.2 Å². The van der Waals surface area contributed by atoms with Gasteiger partial charge in [0.05, 0.1) is 6.20 Å². The Hall–Kier alpha value is -2.80. The van der Waals surface area contributed by atoms with Gasteiger partial charge in [0.25, 0.3) is 0 Å². The van der Waals surface area contributed by atoms with E-state index in [9.17, 15) is 13.2 Å². The number of alkyl halides is 3. The third kappa shape index (κ3) is 3.75. The summed E-state index contributed by atoms with van der Waals surface area (Å²) in [5.74, 6) is 0. The van der Waals surface area contributed by atoms with E-state index in [-0.39, 0.29) is 16.7 Å². The van der Waals surface area contributed by atoms with E-state index in [4.69, 9.17) is 0 Å². The first-order valence-corrected chi connectivity index (χ1v) is 9.39. The van der Waals surface area contributed by atoms with Gasteiger partial charge in [0, 0.05) is 28.4 Å². The fraction of sp³-hybridized carbons (Fsp3) is 0.143. The highest BCUT2D eigenvalue weighted by Gasteiger charge is 2.29. The van der Waals surface area contributed by atoms with Crippen LogP contribution in [-0.4, -0.2) is 20.1 Å². The molecule has 142 valence electrons. The summed E-state index contributed by atoms with van der Waals surface area (Å²) in [5.41, 5.74) is 1.66. The van der Waals surface area contributed by atoms with E-state index >= 15 is 0 Å². The van der Waals surface area contributed by atoms with Crippen LogP contribution in [0.2, 0.25) is 0 Å². The van der Waals surface area contributed by atoms with Crippen molar-refractivity contribution in [3.63, 3.8) is 0 Å². The van der Waals surface area contributed by atoms with Crippen LogP contribution < -0.4 is 0 Å². The van der Waals surface area contributed by atoms with Crippen molar-refractivity contribution in [3.8, 4) is 22.3 Å². The standard InChI is InChI=1S/C21H16F3N3S/c1-13-3-6-15(7-4-13)16-10-25-20-19(11-26-27(20)12-16)18-9-17(8-5-14(18)2)28-21(22,23)24/h3-12H,1-2H3. The molecule has 2 aromatic heterocycles. The number of hydrogen-bond acceptors (Lipinski definition) is 3. The number of rotatable bonds is 3. The summed E-state index contributed by atoms with van der Waals surface area (Å²) in [5, 5.41) is 4.37. The third-order valence-electron chi connectivity index (χ3n) is 4.47. The van der Waals surface area contributed by atoms with Crippen molar-refractivity contribution in [2.75, 3.05) is 0 Å². The van der Waals surface area contributed by atoms with Crippen molar-refractivity contribution in [1.29, 1.82) is 0 Å². The molecule has 0 aliphatic heterocycles. The van der Waals surface area contributed by atoms with Gasteiger partial charge in [0.2, 0.25) is 0 Å². The minimum Gasteiger partial charge on any atom is -0.236 e. The van der Waals surface area contributed by atoms with Gasteiger partial charge in [0.1, 0.15) is 0 Å². The number of fused-ring (bicyclic) bond motifs is 1. The molecule has 4 aromatic rings. The molecule has 0 saturated carbocycles. The lowest BCUT2D eigenvalue weighted by atomic mass is 10.0. The average molecular weight is 399 g/mol. The van der Waals surface area contributed by atoms with Crippen molar-refractivity contribution >= 4 is 17.4 Å². The molecule has 2 aromatic carbocycles. The summed E-state index contributed by atoms with van der Waals surface area (Å²) in [6.45, 7) is 3.89. The van der Waals surface area contributed by atoms with Crippen LogP contribution in [0.15, 0.2) is 66.0 Å². The predicted molar refractivity (Wildman–Crippen MR) is 105 cm³/mol. The van der Waals surface area contributed by atoms with Crippen LogP contribution in [0.1, 0.15) is 11.1 Å². The van der Waals surface area contributed by atoms with Crippen LogP contribution in [0.4, 0.5) is 13.2 Å². The largest absolute Gasteiger partial charge is 0.446 e. The van der Waals surface area contributed by atoms with Crippen molar-refractivity contribution in [2.45, 2.75) is 24.3 Å². The maximum atomic E-state index is 12.7. The molecular formula is C21H16F3N3S. The second kappa shape index (κ2) is 6.98. The summed E-state index contributed by atoms with van der Waals surface area (Å²) < 4.78 is 39.9. The van der Waals surface area contributed by atoms with Crippen molar-refractivity contribution in [2.24, 2.45) is 0 Å². The van der Waals surface area contributed by atoms with E-state index in [1.54, 1.807) is 29.0 Å². The molecule has 0 aliphatic rings. The molecule has 7 heteroatoms. The van der Waals surface area contributed by atoms with E-state index in [2.05, 4.69) is 10.1 Å². The summed E-state index contributed by atoms with van der Waals surface area (Å²) in [4.78, 5) is 4.68. The Labute approximate surface area is 164 Å². The van der Waals surface area contributed by atoms with E-state index in [1.165, 1.54) is 11.6 Å². The first-order valence-electron chi connectivity index (χ1n) is 8.57. The first kappa shape index (κ1) is 18.6. The molecule has 0 radical (unpaired) electrons. The molecular weight excluding hydrogens is 383 g/mol.